The van der Waals surface area contributed by atoms with E-state index in [2.05, 4.69) is 15.4 Å². The molecule has 0 fully saturated rings. The Morgan fingerprint density at radius 1 is 1.00 bits per heavy atom. The number of aromatic nitrogens is 3. The van der Waals surface area contributed by atoms with Crippen LogP contribution in [0.2, 0.25) is 5.02 Å². The second-order valence-electron chi connectivity index (χ2n) is 7.08. The number of ether oxygens (including phenoxy) is 1. The zero-order valence-electron chi connectivity index (χ0n) is 17.3. The number of thiophene rings is 1. The Kier molecular flexibility index (Phi) is 5.77. The van der Waals surface area contributed by atoms with Crippen molar-refractivity contribution in [3.63, 3.8) is 0 Å². The molecule has 0 atom stereocenters. The number of hydrogen-bond acceptors (Lipinski definition) is 8. The van der Waals surface area contributed by atoms with E-state index in [4.69, 9.17) is 25.3 Å². The molecule has 9 heteroatoms. The normalized spacial score (nSPS) is 11.0. The van der Waals surface area contributed by atoms with Gasteiger partial charge < -0.3 is 13.7 Å². The molecule has 0 amide bonds. The highest BCUT2D eigenvalue weighted by molar-refractivity contribution is 7.17. The Morgan fingerprint density at radius 3 is 2.58 bits per heavy atom. The van der Waals surface area contributed by atoms with Crippen molar-refractivity contribution in [3.8, 4) is 33.2 Å². The molecule has 0 aliphatic rings. The molecule has 0 saturated heterocycles. The van der Waals surface area contributed by atoms with Crippen LogP contribution in [0.15, 0.2) is 75.7 Å². The number of rotatable bonds is 6. The van der Waals surface area contributed by atoms with Crippen molar-refractivity contribution < 1.29 is 18.5 Å². The Labute approximate surface area is 197 Å². The van der Waals surface area contributed by atoms with E-state index < -0.39 is 5.97 Å². The lowest BCUT2D eigenvalue weighted by Gasteiger charge is -2.00. The van der Waals surface area contributed by atoms with Crippen LogP contribution in [0.25, 0.3) is 33.2 Å². The van der Waals surface area contributed by atoms with Gasteiger partial charge in [0.05, 0.1) is 0 Å². The van der Waals surface area contributed by atoms with E-state index in [1.165, 1.54) is 11.3 Å². The molecule has 0 saturated carbocycles. The minimum atomic E-state index is -0.467. The Bertz CT molecular complexity index is 1410. The van der Waals surface area contributed by atoms with Gasteiger partial charge in [-0.05, 0) is 36.8 Å². The third kappa shape index (κ3) is 4.44. The van der Waals surface area contributed by atoms with Crippen LogP contribution < -0.4 is 0 Å². The molecule has 0 radical (unpaired) electrons. The average Bonchev–Trinajstić information content (AvgIpc) is 3.58. The summed E-state index contributed by atoms with van der Waals surface area (Å²) in [6.45, 7) is 1.62. The summed E-state index contributed by atoms with van der Waals surface area (Å²) >= 11 is 7.27. The van der Waals surface area contributed by atoms with Gasteiger partial charge in [0.25, 0.3) is 11.8 Å². The lowest BCUT2D eigenvalue weighted by molar-refractivity contribution is 0.0444. The minimum absolute atomic E-state index is 0.148. The van der Waals surface area contributed by atoms with E-state index in [-0.39, 0.29) is 18.4 Å². The quantitative estimate of drug-likeness (QED) is 0.260. The highest BCUT2D eigenvalue weighted by atomic mass is 35.5. The topological polar surface area (TPSA) is 91.3 Å². The van der Waals surface area contributed by atoms with Gasteiger partial charge in [-0.3, -0.25) is 0 Å². The van der Waals surface area contributed by atoms with E-state index >= 15 is 0 Å². The molecular weight excluding hydrogens is 462 g/mol. The zero-order chi connectivity index (χ0) is 22.8. The fraction of sp³-hybridized carbons (Fsp3) is 0.0833. The number of esters is 1. The molecule has 5 rings (SSSR count). The summed E-state index contributed by atoms with van der Waals surface area (Å²) in [5.74, 6) is 0.507. The number of carbonyl (C=O) groups is 1. The van der Waals surface area contributed by atoms with Gasteiger partial charge in [-0.2, -0.15) is 0 Å². The molecule has 0 N–H and O–H groups in total. The maximum Gasteiger partial charge on any atom is 0.348 e. The van der Waals surface area contributed by atoms with Crippen molar-refractivity contribution in [2.75, 3.05) is 0 Å². The van der Waals surface area contributed by atoms with E-state index in [1.54, 1.807) is 13.0 Å². The SMILES string of the molecule is Cc1onc(-c2ccccc2)c1-c1nnc(COC(=O)c2ccc(-c3ccc(Cl)cc3)s2)o1. The second-order valence-corrected chi connectivity index (χ2v) is 8.60. The molecule has 33 heavy (non-hydrogen) atoms. The van der Waals surface area contributed by atoms with Crippen LogP contribution in [0.5, 0.6) is 0 Å². The van der Waals surface area contributed by atoms with Crippen molar-refractivity contribution in [1.29, 1.82) is 0 Å². The molecule has 3 heterocycles. The van der Waals surface area contributed by atoms with Crippen molar-refractivity contribution in [2.45, 2.75) is 13.5 Å². The molecule has 2 aromatic carbocycles. The zero-order valence-corrected chi connectivity index (χ0v) is 18.9. The first-order valence-corrected chi connectivity index (χ1v) is 11.2. The highest BCUT2D eigenvalue weighted by Crippen LogP contribution is 2.33. The molecule has 5 aromatic rings. The Hall–Kier alpha value is -3.75. The fourth-order valence-corrected chi connectivity index (χ4v) is 4.28. The van der Waals surface area contributed by atoms with Crippen LogP contribution in [0.4, 0.5) is 0 Å². The third-order valence-corrected chi connectivity index (χ3v) is 6.22. The van der Waals surface area contributed by atoms with Crippen LogP contribution in [-0.2, 0) is 11.3 Å². The number of hydrogen-bond donors (Lipinski definition) is 0. The van der Waals surface area contributed by atoms with Crippen molar-refractivity contribution >= 4 is 28.9 Å². The highest BCUT2D eigenvalue weighted by Gasteiger charge is 2.22. The van der Waals surface area contributed by atoms with Gasteiger partial charge in [-0.15, -0.1) is 21.5 Å². The molecule has 0 spiro atoms. The first-order chi connectivity index (χ1) is 16.1. The van der Waals surface area contributed by atoms with Crippen LogP contribution in [0, 0.1) is 6.92 Å². The largest absolute Gasteiger partial charge is 0.451 e. The Morgan fingerprint density at radius 2 is 1.79 bits per heavy atom. The molecular formula is C24H16ClN3O4S. The standard InChI is InChI=1S/C24H16ClN3O4S/c1-14-21(22(28-32-14)16-5-3-2-4-6-16)23-27-26-20(31-23)13-30-24(29)19-12-11-18(33-19)15-7-9-17(25)10-8-15/h2-12H,13H2,1H3. The van der Waals surface area contributed by atoms with E-state index in [1.807, 2.05) is 60.7 Å². The van der Waals surface area contributed by atoms with Crippen LogP contribution in [-0.4, -0.2) is 21.3 Å². The molecule has 0 aliphatic carbocycles. The van der Waals surface area contributed by atoms with E-state index in [0.29, 0.717) is 26.9 Å². The molecule has 3 aromatic heterocycles. The summed E-state index contributed by atoms with van der Waals surface area (Å²) in [5.41, 5.74) is 3.05. The average molecular weight is 478 g/mol. The summed E-state index contributed by atoms with van der Waals surface area (Å²) in [5, 5.41) is 12.9. The lowest BCUT2D eigenvalue weighted by Crippen LogP contribution is -2.03. The summed E-state index contributed by atoms with van der Waals surface area (Å²) in [7, 11) is 0. The number of benzene rings is 2. The van der Waals surface area contributed by atoms with Gasteiger partial charge in [0.15, 0.2) is 6.61 Å². The van der Waals surface area contributed by atoms with E-state index in [9.17, 15) is 4.79 Å². The second kappa shape index (κ2) is 9.01. The van der Waals surface area contributed by atoms with Crippen LogP contribution >= 0.6 is 22.9 Å². The summed E-state index contributed by atoms with van der Waals surface area (Å²) in [4.78, 5) is 13.9. The summed E-state index contributed by atoms with van der Waals surface area (Å²) in [6, 6.07) is 20.6. The van der Waals surface area contributed by atoms with Crippen LogP contribution in [0.3, 0.4) is 0 Å². The summed E-state index contributed by atoms with van der Waals surface area (Å²) < 4.78 is 16.5. The number of nitrogens with zero attached hydrogens (tertiary/aromatic N) is 3. The van der Waals surface area contributed by atoms with E-state index in [0.717, 1.165) is 16.0 Å². The van der Waals surface area contributed by atoms with Gasteiger partial charge >= 0.3 is 5.97 Å². The van der Waals surface area contributed by atoms with Gasteiger partial charge in [0, 0.05) is 15.5 Å². The first-order valence-electron chi connectivity index (χ1n) is 9.96. The van der Waals surface area contributed by atoms with Gasteiger partial charge in [0.2, 0.25) is 0 Å². The monoisotopic (exact) mass is 477 g/mol. The van der Waals surface area contributed by atoms with Crippen LogP contribution in [0.1, 0.15) is 21.3 Å². The molecule has 0 unspecified atom stereocenters. The van der Waals surface area contributed by atoms with Gasteiger partial charge in [0.1, 0.15) is 21.9 Å². The molecule has 7 nitrogen and oxygen atoms in total. The minimum Gasteiger partial charge on any atom is -0.451 e. The molecule has 164 valence electrons. The van der Waals surface area contributed by atoms with Gasteiger partial charge in [-0.1, -0.05) is 59.2 Å². The first kappa shape index (κ1) is 21.1. The number of aryl methyl sites for hydroxylation is 1. The maximum atomic E-state index is 12.5. The van der Waals surface area contributed by atoms with Crippen molar-refractivity contribution in [3.05, 3.63) is 88.3 Å². The lowest BCUT2D eigenvalue weighted by atomic mass is 10.1. The number of carbonyl (C=O) groups excluding carboxylic acids is 1. The Balaban J connectivity index is 1.29. The molecule has 0 aliphatic heterocycles. The van der Waals surface area contributed by atoms with Crippen molar-refractivity contribution in [1.82, 2.24) is 15.4 Å². The number of halogens is 1. The maximum absolute atomic E-state index is 12.5. The van der Waals surface area contributed by atoms with Crippen molar-refractivity contribution in [2.24, 2.45) is 0 Å². The smallest absolute Gasteiger partial charge is 0.348 e. The predicted molar refractivity (Wildman–Crippen MR) is 124 cm³/mol. The molecule has 0 bridgehead atoms. The van der Waals surface area contributed by atoms with Gasteiger partial charge in [-0.25, -0.2) is 4.79 Å². The third-order valence-electron chi connectivity index (χ3n) is 4.85. The predicted octanol–water partition coefficient (Wildman–Crippen LogP) is 6.44. The fourth-order valence-electron chi connectivity index (χ4n) is 3.25. The summed E-state index contributed by atoms with van der Waals surface area (Å²) in [6.07, 6.45) is 0.